The minimum absolute atomic E-state index is 0.0637. The van der Waals surface area contributed by atoms with Crippen molar-refractivity contribution in [3.05, 3.63) is 36.0 Å². The number of hydrogen-bond acceptors (Lipinski definition) is 7. The van der Waals surface area contributed by atoms with Gasteiger partial charge in [0, 0.05) is 30.1 Å². The third-order valence-corrected chi connectivity index (χ3v) is 6.30. The molecule has 0 spiro atoms. The van der Waals surface area contributed by atoms with Gasteiger partial charge in [-0.1, -0.05) is 32.0 Å². The average Bonchev–Trinajstić information content (AvgIpc) is 3.30. The summed E-state index contributed by atoms with van der Waals surface area (Å²) in [5, 5.41) is 17.7. The predicted molar refractivity (Wildman–Crippen MR) is 152 cm³/mol. The number of aliphatic carboxylic acids is 1. The number of hydrogen-bond donors (Lipinski definition) is 9. The van der Waals surface area contributed by atoms with Crippen LogP contribution in [0.5, 0.6) is 0 Å². The van der Waals surface area contributed by atoms with E-state index in [0.29, 0.717) is 6.42 Å². The van der Waals surface area contributed by atoms with E-state index in [9.17, 15) is 29.1 Å². The number of nitrogens with two attached hydrogens (primary N) is 4. The summed E-state index contributed by atoms with van der Waals surface area (Å²) >= 11 is 0. The minimum atomic E-state index is -1.57. The summed E-state index contributed by atoms with van der Waals surface area (Å²) in [6.07, 6.45) is 1.84. The number of benzene rings is 1. The second-order valence-electron chi connectivity index (χ2n) is 9.98. The van der Waals surface area contributed by atoms with Crippen LogP contribution in [-0.4, -0.2) is 76.4 Å². The first kappa shape index (κ1) is 32.6. The van der Waals surface area contributed by atoms with Crippen LogP contribution in [0.15, 0.2) is 35.5 Å². The molecule has 1 aromatic heterocycles. The van der Waals surface area contributed by atoms with Gasteiger partial charge in [0.2, 0.25) is 23.6 Å². The summed E-state index contributed by atoms with van der Waals surface area (Å²) in [6.45, 7) is 3.57. The highest BCUT2D eigenvalue weighted by molar-refractivity contribution is 5.95. The molecule has 2 rings (SSSR count). The lowest BCUT2D eigenvalue weighted by Gasteiger charge is -2.27. The van der Waals surface area contributed by atoms with E-state index in [-0.39, 0.29) is 25.3 Å². The van der Waals surface area contributed by atoms with Crippen molar-refractivity contribution in [2.24, 2.45) is 33.8 Å². The fourth-order valence-electron chi connectivity index (χ4n) is 4.11. The maximum atomic E-state index is 13.5. The Balaban J connectivity index is 2.25. The highest BCUT2D eigenvalue weighted by Gasteiger charge is 2.32. The van der Waals surface area contributed by atoms with Gasteiger partial charge in [0.15, 0.2) is 5.96 Å². The first-order chi connectivity index (χ1) is 19.3. The van der Waals surface area contributed by atoms with Gasteiger partial charge in [0.25, 0.3) is 0 Å². The van der Waals surface area contributed by atoms with Crippen LogP contribution in [0.25, 0.3) is 10.9 Å². The molecule has 2 aromatic rings. The molecule has 0 fully saturated rings. The summed E-state index contributed by atoms with van der Waals surface area (Å²) in [4.78, 5) is 69.2. The van der Waals surface area contributed by atoms with E-state index in [0.717, 1.165) is 16.5 Å². The van der Waals surface area contributed by atoms with Crippen molar-refractivity contribution in [1.29, 1.82) is 0 Å². The molecule has 0 saturated heterocycles. The lowest BCUT2D eigenvalue weighted by molar-refractivity contribution is -0.144. The molecule has 0 aliphatic rings. The topological polar surface area (TPSA) is 274 Å². The highest BCUT2D eigenvalue weighted by Crippen LogP contribution is 2.19. The molecule has 15 nitrogen and oxygen atoms in total. The fraction of sp³-hybridized carbons (Fsp3) is 0.462. The van der Waals surface area contributed by atoms with E-state index < -0.39 is 66.1 Å². The van der Waals surface area contributed by atoms with Crippen molar-refractivity contribution >= 4 is 46.5 Å². The van der Waals surface area contributed by atoms with E-state index in [1.54, 1.807) is 20.0 Å². The van der Waals surface area contributed by atoms with Gasteiger partial charge < -0.3 is 49.0 Å². The summed E-state index contributed by atoms with van der Waals surface area (Å²) in [5.74, 6) is -5.03. The minimum Gasteiger partial charge on any atom is -0.480 e. The number of carboxylic acid groups (broad SMARTS) is 1. The molecule has 1 aromatic carbocycles. The van der Waals surface area contributed by atoms with E-state index in [1.165, 1.54) is 0 Å². The van der Waals surface area contributed by atoms with Crippen molar-refractivity contribution in [2.75, 3.05) is 6.54 Å². The summed E-state index contributed by atoms with van der Waals surface area (Å²) in [5.41, 5.74) is 23.3. The lowest BCUT2D eigenvalue weighted by Crippen LogP contribution is -2.59. The molecule has 224 valence electrons. The molecule has 4 amide bonds. The SMILES string of the molecule is CC(C)C(NC(=O)C(Cc1c[nH]c2ccccc12)NC(=O)C(N)CCCN=C(N)N)C(=O)NC(CC(N)=O)C(=O)O. The van der Waals surface area contributed by atoms with E-state index in [2.05, 4.69) is 25.9 Å². The molecular formula is C26H39N9O6. The Labute approximate surface area is 236 Å². The van der Waals surface area contributed by atoms with Gasteiger partial charge in [-0.2, -0.15) is 0 Å². The largest absolute Gasteiger partial charge is 0.480 e. The highest BCUT2D eigenvalue weighted by atomic mass is 16.4. The van der Waals surface area contributed by atoms with Crippen LogP contribution >= 0.6 is 0 Å². The Kier molecular flexibility index (Phi) is 12.1. The van der Waals surface area contributed by atoms with Crippen LogP contribution in [-0.2, 0) is 30.4 Å². The van der Waals surface area contributed by atoms with Crippen LogP contribution in [0.4, 0.5) is 0 Å². The molecule has 41 heavy (non-hydrogen) atoms. The molecule has 0 radical (unpaired) electrons. The van der Waals surface area contributed by atoms with Gasteiger partial charge in [0.05, 0.1) is 12.5 Å². The number of rotatable bonds is 16. The fourth-order valence-corrected chi connectivity index (χ4v) is 4.11. The zero-order valence-corrected chi connectivity index (χ0v) is 23.1. The number of nitrogens with zero attached hydrogens (tertiary/aromatic N) is 1. The second kappa shape index (κ2) is 15.2. The second-order valence-corrected chi connectivity index (χ2v) is 9.98. The van der Waals surface area contributed by atoms with Crippen LogP contribution < -0.4 is 38.9 Å². The standard InChI is InChI=1S/C26H39N9O6/c1-13(2)21(24(39)34-19(25(40)41)11-20(28)36)35-23(38)18(10-14-12-32-17-8-4-3-6-15(14)17)33-22(37)16(27)7-5-9-31-26(29)30/h3-4,6,8,12-13,16,18-19,21,32H,5,7,9-11,27H2,1-2H3,(H2,28,36)(H,33,37)(H,34,39)(H,35,38)(H,40,41)(H4,29,30,31). The molecular weight excluding hydrogens is 534 g/mol. The van der Waals surface area contributed by atoms with E-state index in [4.69, 9.17) is 22.9 Å². The molecule has 13 N–H and O–H groups in total. The number of H-pyrrole nitrogens is 1. The zero-order chi connectivity index (χ0) is 30.7. The maximum absolute atomic E-state index is 13.5. The van der Waals surface area contributed by atoms with Crippen molar-refractivity contribution in [3.63, 3.8) is 0 Å². The van der Waals surface area contributed by atoms with Gasteiger partial charge in [-0.3, -0.25) is 24.2 Å². The van der Waals surface area contributed by atoms with Crippen molar-refractivity contribution < 1.29 is 29.1 Å². The molecule has 4 atom stereocenters. The monoisotopic (exact) mass is 573 g/mol. The van der Waals surface area contributed by atoms with Gasteiger partial charge in [0.1, 0.15) is 18.1 Å². The number of fused-ring (bicyclic) bond motifs is 1. The Hall–Kier alpha value is -4.66. The third-order valence-electron chi connectivity index (χ3n) is 6.30. The maximum Gasteiger partial charge on any atom is 0.326 e. The molecule has 1 heterocycles. The van der Waals surface area contributed by atoms with Gasteiger partial charge in [-0.05, 0) is 30.4 Å². The van der Waals surface area contributed by atoms with Gasteiger partial charge in [-0.25, -0.2) is 4.79 Å². The zero-order valence-electron chi connectivity index (χ0n) is 23.1. The summed E-state index contributed by atoms with van der Waals surface area (Å²) < 4.78 is 0. The first-order valence-corrected chi connectivity index (χ1v) is 13.1. The first-order valence-electron chi connectivity index (χ1n) is 13.1. The number of aromatic amines is 1. The molecule has 15 heteroatoms. The smallest absolute Gasteiger partial charge is 0.326 e. The quantitative estimate of drug-likeness (QED) is 0.0619. The van der Waals surface area contributed by atoms with E-state index in [1.807, 2.05) is 24.3 Å². The van der Waals surface area contributed by atoms with Crippen molar-refractivity contribution in [2.45, 2.75) is 63.7 Å². The number of para-hydroxylation sites is 1. The van der Waals surface area contributed by atoms with E-state index >= 15 is 0 Å². The van der Waals surface area contributed by atoms with Crippen LogP contribution in [0.2, 0.25) is 0 Å². The number of carboxylic acids is 1. The Morgan fingerprint density at radius 2 is 1.61 bits per heavy atom. The van der Waals surface area contributed by atoms with Crippen molar-refractivity contribution in [3.8, 4) is 0 Å². The number of aliphatic imine (C=N–C) groups is 1. The van der Waals surface area contributed by atoms with Crippen LogP contribution in [0, 0.1) is 5.92 Å². The average molecular weight is 574 g/mol. The summed E-state index contributed by atoms with van der Waals surface area (Å²) in [7, 11) is 0. The number of carbonyl (C=O) groups excluding carboxylic acids is 4. The normalized spacial score (nSPS) is 14.0. The predicted octanol–water partition coefficient (Wildman–Crippen LogP) is -1.84. The molecule has 4 unspecified atom stereocenters. The number of carbonyl (C=O) groups is 5. The molecule has 0 saturated carbocycles. The number of primary amides is 1. The van der Waals surface area contributed by atoms with Gasteiger partial charge in [-0.15, -0.1) is 0 Å². The lowest BCUT2D eigenvalue weighted by atomic mass is 9.99. The Morgan fingerprint density at radius 1 is 0.951 bits per heavy atom. The molecule has 0 aliphatic heterocycles. The van der Waals surface area contributed by atoms with Crippen molar-refractivity contribution in [1.82, 2.24) is 20.9 Å². The number of nitrogens with one attached hydrogen (secondary N) is 4. The number of guanidine groups is 1. The van der Waals surface area contributed by atoms with Gasteiger partial charge >= 0.3 is 5.97 Å². The third kappa shape index (κ3) is 10.1. The van der Waals surface area contributed by atoms with Crippen LogP contribution in [0.1, 0.15) is 38.7 Å². The Bertz CT molecular complexity index is 1270. The Morgan fingerprint density at radius 3 is 2.22 bits per heavy atom. The summed E-state index contributed by atoms with van der Waals surface area (Å²) in [6, 6.07) is 2.56. The number of aromatic nitrogens is 1. The molecule has 0 bridgehead atoms. The molecule has 0 aliphatic carbocycles. The van der Waals surface area contributed by atoms with Crippen LogP contribution in [0.3, 0.4) is 0 Å². The number of amides is 4.